The van der Waals surface area contributed by atoms with E-state index < -0.39 is 18.1 Å². The minimum Gasteiger partial charge on any atom is -0.544 e. The number of esters is 2. The smallest absolute Gasteiger partial charge is 0.306 e. The maximum absolute atomic E-state index is 12.8. The summed E-state index contributed by atoms with van der Waals surface area (Å²) in [5, 5.41) is 11.6. The fourth-order valence-corrected chi connectivity index (χ4v) is 7.00. The van der Waals surface area contributed by atoms with Gasteiger partial charge in [0, 0.05) is 19.3 Å². The van der Waals surface area contributed by atoms with Gasteiger partial charge in [-0.05, 0) is 51.4 Å². The second kappa shape index (κ2) is 42.0. The number of quaternary nitrogens is 1. The van der Waals surface area contributed by atoms with Crippen LogP contribution < -0.4 is 5.11 Å². The SMILES string of the molecule is CC/C=C/C/C=C/C/C=C/C/C=C/CCCCCCCCCCCCC(=O)OC(COCCC(C(=O)[O-])[N+](C)(C)C)COC(=O)CCCCCCCCCCCCCC. The molecule has 0 aliphatic carbocycles. The van der Waals surface area contributed by atoms with Gasteiger partial charge in [0.25, 0.3) is 0 Å². The second-order valence-corrected chi connectivity index (χ2v) is 17.3. The van der Waals surface area contributed by atoms with Gasteiger partial charge in [-0.2, -0.15) is 0 Å². The minimum absolute atomic E-state index is 0.0406. The monoisotopic (exact) mass is 830 g/mol. The summed E-state index contributed by atoms with van der Waals surface area (Å²) in [5.74, 6) is -1.73. The zero-order valence-corrected chi connectivity index (χ0v) is 38.9. The summed E-state index contributed by atoms with van der Waals surface area (Å²) >= 11 is 0. The van der Waals surface area contributed by atoms with Gasteiger partial charge in [0.1, 0.15) is 12.6 Å². The Morgan fingerprint density at radius 1 is 0.525 bits per heavy atom. The first kappa shape index (κ1) is 56.3. The van der Waals surface area contributed by atoms with E-state index in [-0.39, 0.29) is 42.7 Å². The van der Waals surface area contributed by atoms with Gasteiger partial charge in [-0.25, -0.2) is 0 Å². The number of nitrogens with zero attached hydrogens (tertiary/aromatic N) is 1. The van der Waals surface area contributed by atoms with Crippen LogP contribution in [0.15, 0.2) is 48.6 Å². The summed E-state index contributed by atoms with van der Waals surface area (Å²) in [7, 11) is 5.41. The van der Waals surface area contributed by atoms with Crippen molar-refractivity contribution in [2.75, 3.05) is 41.0 Å². The summed E-state index contributed by atoms with van der Waals surface area (Å²) in [6.45, 7) is 4.55. The number of carbonyl (C=O) groups excluding carboxylic acids is 3. The van der Waals surface area contributed by atoms with Crippen molar-refractivity contribution in [1.82, 2.24) is 0 Å². The van der Waals surface area contributed by atoms with Gasteiger partial charge in [-0.15, -0.1) is 0 Å². The van der Waals surface area contributed by atoms with Crippen molar-refractivity contribution in [2.45, 2.75) is 219 Å². The molecule has 0 rings (SSSR count). The molecule has 2 unspecified atom stereocenters. The van der Waals surface area contributed by atoms with Gasteiger partial charge >= 0.3 is 11.9 Å². The number of unbranched alkanes of at least 4 members (excludes halogenated alkanes) is 21. The first-order valence-electron chi connectivity index (χ1n) is 24.2. The molecule has 0 aromatic rings. The molecule has 342 valence electrons. The molecule has 0 spiro atoms. The molecule has 8 nitrogen and oxygen atoms in total. The molecule has 0 aromatic heterocycles. The van der Waals surface area contributed by atoms with E-state index in [9.17, 15) is 19.5 Å². The highest BCUT2D eigenvalue weighted by atomic mass is 16.6. The Kier molecular flexibility index (Phi) is 40.1. The molecule has 0 amide bonds. The Morgan fingerprint density at radius 2 is 0.949 bits per heavy atom. The van der Waals surface area contributed by atoms with Crippen LogP contribution in [-0.2, 0) is 28.6 Å². The molecule has 0 saturated carbocycles. The molecule has 0 fully saturated rings. The third kappa shape index (κ3) is 40.5. The Hall–Kier alpha value is -2.71. The van der Waals surface area contributed by atoms with Crippen LogP contribution in [0.4, 0.5) is 0 Å². The van der Waals surface area contributed by atoms with Gasteiger partial charge in [0.2, 0.25) is 0 Å². The molecule has 2 atom stereocenters. The molecule has 8 heteroatoms. The Balaban J connectivity index is 4.23. The number of allylic oxidation sites excluding steroid dienone is 8. The van der Waals surface area contributed by atoms with E-state index in [1.165, 1.54) is 109 Å². The standard InChI is InChI=1S/C51H91NO7/c1-6-8-10-12-14-16-18-20-21-22-23-24-25-26-27-28-29-30-32-34-36-38-40-42-50(54)59-47(45-57-44-43-48(51(55)56)52(3,4)5)46-58-49(53)41-39-37-35-33-31-19-17-15-13-11-9-7-2/h8,10,14,16,20-21,23-24,47-48H,6-7,9,11-13,15,17-19,22,25-46H2,1-5H3/b10-8+,16-14+,21-20+,24-23+. The van der Waals surface area contributed by atoms with Crippen molar-refractivity contribution < 1.29 is 38.2 Å². The van der Waals surface area contributed by atoms with Crippen molar-refractivity contribution in [1.29, 1.82) is 0 Å². The third-order valence-corrected chi connectivity index (χ3v) is 10.7. The Labute approximate surface area is 363 Å². The van der Waals surface area contributed by atoms with E-state index in [1.807, 2.05) is 0 Å². The molecule has 0 saturated heterocycles. The first-order chi connectivity index (χ1) is 28.6. The van der Waals surface area contributed by atoms with Crippen molar-refractivity contribution in [2.24, 2.45) is 0 Å². The normalized spacial score (nSPS) is 13.3. The number of carboxylic acid groups (broad SMARTS) is 1. The highest BCUT2D eigenvalue weighted by Crippen LogP contribution is 2.15. The van der Waals surface area contributed by atoms with Crippen LogP contribution in [0, 0.1) is 0 Å². The van der Waals surface area contributed by atoms with Crippen LogP contribution in [0.1, 0.15) is 206 Å². The fraction of sp³-hybridized carbons (Fsp3) is 0.784. The lowest BCUT2D eigenvalue weighted by Crippen LogP contribution is -2.55. The summed E-state index contributed by atoms with van der Waals surface area (Å²) in [5.41, 5.74) is 0. The van der Waals surface area contributed by atoms with E-state index in [0.717, 1.165) is 64.2 Å². The number of carbonyl (C=O) groups is 3. The zero-order valence-electron chi connectivity index (χ0n) is 38.9. The number of ether oxygens (including phenoxy) is 3. The average molecular weight is 830 g/mol. The van der Waals surface area contributed by atoms with Crippen LogP contribution in [0.5, 0.6) is 0 Å². The number of hydrogen-bond acceptors (Lipinski definition) is 7. The van der Waals surface area contributed by atoms with E-state index in [4.69, 9.17) is 14.2 Å². The van der Waals surface area contributed by atoms with Crippen molar-refractivity contribution in [3.63, 3.8) is 0 Å². The van der Waals surface area contributed by atoms with Gasteiger partial charge in [-0.3, -0.25) is 9.59 Å². The molecule has 59 heavy (non-hydrogen) atoms. The predicted octanol–water partition coefficient (Wildman–Crippen LogP) is 12.3. The Bertz CT molecular complexity index is 1110. The molecule has 0 N–H and O–H groups in total. The van der Waals surface area contributed by atoms with E-state index in [0.29, 0.717) is 12.8 Å². The first-order valence-corrected chi connectivity index (χ1v) is 24.2. The average Bonchev–Trinajstić information content (AvgIpc) is 3.19. The topological polar surface area (TPSA) is 102 Å². The van der Waals surface area contributed by atoms with Gasteiger partial charge < -0.3 is 28.6 Å². The molecule has 0 aromatic carbocycles. The highest BCUT2D eigenvalue weighted by molar-refractivity contribution is 5.70. The van der Waals surface area contributed by atoms with Crippen molar-refractivity contribution >= 4 is 17.9 Å². The largest absolute Gasteiger partial charge is 0.544 e. The summed E-state index contributed by atoms with van der Waals surface area (Å²) in [6.07, 6.45) is 49.9. The maximum atomic E-state index is 12.8. The van der Waals surface area contributed by atoms with E-state index in [2.05, 4.69) is 62.5 Å². The van der Waals surface area contributed by atoms with Crippen LogP contribution in [0.3, 0.4) is 0 Å². The summed E-state index contributed by atoms with van der Waals surface area (Å²) in [4.78, 5) is 36.9. The molecular formula is C51H91NO7. The number of aliphatic carboxylic acids is 1. The molecule has 0 radical (unpaired) electrons. The van der Waals surface area contributed by atoms with Crippen molar-refractivity contribution in [3.05, 3.63) is 48.6 Å². The number of carboxylic acids is 1. The van der Waals surface area contributed by atoms with Gasteiger partial charge in [0.15, 0.2) is 6.10 Å². The van der Waals surface area contributed by atoms with Gasteiger partial charge in [-0.1, -0.05) is 184 Å². The zero-order chi connectivity index (χ0) is 43.5. The molecule has 0 aliphatic rings. The Morgan fingerprint density at radius 3 is 1.41 bits per heavy atom. The third-order valence-electron chi connectivity index (χ3n) is 10.7. The number of likely N-dealkylation sites (N-methyl/N-ethyl adjacent to an activating group) is 1. The minimum atomic E-state index is -1.13. The highest BCUT2D eigenvalue weighted by Gasteiger charge is 2.25. The fourth-order valence-electron chi connectivity index (χ4n) is 7.00. The lowest BCUT2D eigenvalue weighted by atomic mass is 10.0. The second-order valence-electron chi connectivity index (χ2n) is 17.3. The van der Waals surface area contributed by atoms with Gasteiger partial charge in [0.05, 0.1) is 40.3 Å². The lowest BCUT2D eigenvalue weighted by molar-refractivity contribution is -0.889. The predicted molar refractivity (Wildman–Crippen MR) is 245 cm³/mol. The van der Waals surface area contributed by atoms with E-state index >= 15 is 0 Å². The van der Waals surface area contributed by atoms with Crippen molar-refractivity contribution in [3.8, 4) is 0 Å². The molecule has 0 heterocycles. The van der Waals surface area contributed by atoms with Crippen LogP contribution in [0.2, 0.25) is 0 Å². The molecule has 0 bridgehead atoms. The van der Waals surface area contributed by atoms with E-state index in [1.54, 1.807) is 21.1 Å². The summed E-state index contributed by atoms with van der Waals surface area (Å²) < 4.78 is 17.2. The maximum Gasteiger partial charge on any atom is 0.306 e. The van der Waals surface area contributed by atoms with Crippen LogP contribution >= 0.6 is 0 Å². The lowest BCUT2D eigenvalue weighted by Gasteiger charge is -2.34. The number of hydrogen-bond donors (Lipinski definition) is 0. The summed E-state index contributed by atoms with van der Waals surface area (Å²) in [6, 6.07) is -0.726. The molecular weight excluding hydrogens is 739 g/mol. The molecule has 0 aliphatic heterocycles. The quantitative estimate of drug-likeness (QED) is 0.0261. The van der Waals surface area contributed by atoms with Crippen LogP contribution in [-0.4, -0.2) is 75.5 Å². The number of rotatable bonds is 43. The van der Waals surface area contributed by atoms with Crippen LogP contribution in [0.25, 0.3) is 0 Å².